The lowest BCUT2D eigenvalue weighted by atomic mass is 10.2. The third-order valence-corrected chi connectivity index (χ3v) is 5.45. The van der Waals surface area contributed by atoms with Crippen LogP contribution in [-0.4, -0.2) is 61.4 Å². The molecule has 1 saturated heterocycles. The average Bonchev–Trinajstić information content (AvgIpc) is 2.26. The van der Waals surface area contributed by atoms with Gasteiger partial charge in [0.1, 0.15) is 5.84 Å². The monoisotopic (exact) mass is 276 g/mol. The van der Waals surface area contributed by atoms with Gasteiger partial charge in [-0.25, -0.2) is 8.42 Å². The Morgan fingerprint density at radius 1 is 1.22 bits per heavy atom. The number of nitrogens with two attached hydrogens (primary N) is 1. The van der Waals surface area contributed by atoms with Crippen LogP contribution in [0.4, 0.5) is 0 Å². The summed E-state index contributed by atoms with van der Waals surface area (Å²) < 4.78 is 25.6. The summed E-state index contributed by atoms with van der Waals surface area (Å²) in [5, 5.41) is 7.41. The highest BCUT2D eigenvalue weighted by Gasteiger charge is 2.29. The third-order valence-electron chi connectivity index (χ3n) is 3.21. The second-order valence-electron chi connectivity index (χ2n) is 5.24. The number of sulfonamides is 1. The van der Waals surface area contributed by atoms with Gasteiger partial charge in [0.2, 0.25) is 10.0 Å². The summed E-state index contributed by atoms with van der Waals surface area (Å²) in [6.45, 7) is 7.95. The smallest absolute Gasteiger partial charge is 0.214 e. The fraction of sp³-hybridized carbons (Fsp3) is 0.909. The molecule has 0 spiro atoms. The van der Waals surface area contributed by atoms with E-state index in [1.807, 2.05) is 25.7 Å². The van der Waals surface area contributed by atoms with Crippen LogP contribution in [0.2, 0.25) is 0 Å². The molecule has 0 bridgehead atoms. The van der Waals surface area contributed by atoms with Gasteiger partial charge in [-0.2, -0.15) is 4.31 Å². The van der Waals surface area contributed by atoms with Crippen molar-refractivity contribution in [1.82, 2.24) is 9.21 Å². The number of hydrogen-bond acceptors (Lipinski definition) is 4. The molecule has 18 heavy (non-hydrogen) atoms. The van der Waals surface area contributed by atoms with Crippen molar-refractivity contribution < 1.29 is 8.42 Å². The van der Waals surface area contributed by atoms with Crippen LogP contribution in [0.3, 0.4) is 0 Å². The molecule has 7 heteroatoms. The molecule has 1 aliphatic heterocycles. The van der Waals surface area contributed by atoms with Crippen LogP contribution in [0.15, 0.2) is 0 Å². The summed E-state index contributed by atoms with van der Waals surface area (Å²) in [5.41, 5.74) is 5.46. The lowest BCUT2D eigenvalue weighted by Crippen LogP contribution is -2.54. The summed E-state index contributed by atoms with van der Waals surface area (Å²) in [6.07, 6.45) is 0. The maximum Gasteiger partial charge on any atom is 0.214 e. The highest BCUT2D eigenvalue weighted by molar-refractivity contribution is 7.89. The van der Waals surface area contributed by atoms with Crippen molar-refractivity contribution in [2.24, 2.45) is 11.7 Å². The molecular formula is C11H24N4O2S. The molecule has 0 aromatic rings. The van der Waals surface area contributed by atoms with Gasteiger partial charge in [-0.05, 0) is 12.8 Å². The molecule has 0 aromatic carbocycles. The van der Waals surface area contributed by atoms with E-state index in [9.17, 15) is 8.42 Å². The van der Waals surface area contributed by atoms with Gasteiger partial charge in [0.15, 0.2) is 0 Å². The first-order valence-corrected chi connectivity index (χ1v) is 7.90. The second-order valence-corrected chi connectivity index (χ2v) is 7.25. The summed E-state index contributed by atoms with van der Waals surface area (Å²) in [7, 11) is -3.13. The van der Waals surface area contributed by atoms with E-state index in [2.05, 4.69) is 0 Å². The Labute approximate surface area is 110 Å². The van der Waals surface area contributed by atoms with Gasteiger partial charge in [0, 0.05) is 26.2 Å². The fourth-order valence-electron chi connectivity index (χ4n) is 2.09. The van der Waals surface area contributed by atoms with E-state index in [0.29, 0.717) is 26.2 Å². The summed E-state index contributed by atoms with van der Waals surface area (Å²) in [4.78, 5) is 2.05. The topological polar surface area (TPSA) is 90.5 Å². The van der Waals surface area contributed by atoms with E-state index in [4.69, 9.17) is 11.1 Å². The van der Waals surface area contributed by atoms with Crippen molar-refractivity contribution in [2.45, 2.75) is 26.8 Å². The molecule has 1 aliphatic rings. The minimum Gasteiger partial charge on any atom is -0.386 e. The molecule has 0 aromatic heterocycles. The quantitative estimate of drug-likeness (QED) is 0.542. The molecule has 1 rings (SSSR count). The van der Waals surface area contributed by atoms with Gasteiger partial charge >= 0.3 is 0 Å². The van der Waals surface area contributed by atoms with E-state index in [1.165, 1.54) is 0 Å². The lowest BCUT2D eigenvalue weighted by molar-refractivity contribution is 0.173. The maximum absolute atomic E-state index is 12.0. The van der Waals surface area contributed by atoms with Gasteiger partial charge in [-0.15, -0.1) is 0 Å². The molecule has 0 saturated carbocycles. The van der Waals surface area contributed by atoms with Crippen LogP contribution in [0.5, 0.6) is 0 Å². The van der Waals surface area contributed by atoms with Crippen molar-refractivity contribution in [1.29, 1.82) is 5.41 Å². The SMILES string of the molecule is CC(C)CS(=O)(=O)N1CCN(C(C)C(=N)N)CC1. The Bertz CT molecular complexity index is 386. The average molecular weight is 276 g/mol. The van der Waals surface area contributed by atoms with E-state index < -0.39 is 10.0 Å². The Balaban J connectivity index is 2.56. The predicted molar refractivity (Wildman–Crippen MR) is 73.1 cm³/mol. The molecule has 0 aliphatic carbocycles. The van der Waals surface area contributed by atoms with Crippen LogP contribution in [0.25, 0.3) is 0 Å². The standard InChI is InChI=1S/C11H24N4O2S/c1-9(2)8-18(16,17)15-6-4-14(5-7-15)10(3)11(12)13/h9-10H,4-8H2,1-3H3,(H3,12,13). The van der Waals surface area contributed by atoms with Crippen molar-refractivity contribution in [3.63, 3.8) is 0 Å². The van der Waals surface area contributed by atoms with Crippen molar-refractivity contribution >= 4 is 15.9 Å². The number of amidine groups is 1. The molecule has 1 fully saturated rings. The third kappa shape index (κ3) is 3.93. The number of rotatable bonds is 5. The van der Waals surface area contributed by atoms with Gasteiger partial charge < -0.3 is 5.73 Å². The second kappa shape index (κ2) is 5.99. The molecular weight excluding hydrogens is 252 g/mol. The van der Waals surface area contributed by atoms with Crippen LogP contribution < -0.4 is 5.73 Å². The zero-order chi connectivity index (χ0) is 13.9. The number of nitrogens with zero attached hydrogens (tertiary/aromatic N) is 2. The molecule has 0 radical (unpaired) electrons. The molecule has 3 N–H and O–H groups in total. The molecule has 6 nitrogen and oxygen atoms in total. The van der Waals surface area contributed by atoms with Crippen LogP contribution >= 0.6 is 0 Å². The van der Waals surface area contributed by atoms with Crippen LogP contribution in [0.1, 0.15) is 20.8 Å². The Morgan fingerprint density at radius 3 is 2.11 bits per heavy atom. The van der Waals surface area contributed by atoms with Gasteiger partial charge in [0.25, 0.3) is 0 Å². The van der Waals surface area contributed by atoms with Gasteiger partial charge in [-0.3, -0.25) is 10.3 Å². The van der Waals surface area contributed by atoms with Crippen molar-refractivity contribution in [3.8, 4) is 0 Å². The largest absolute Gasteiger partial charge is 0.386 e. The number of piperazine rings is 1. The highest BCUT2D eigenvalue weighted by atomic mass is 32.2. The minimum atomic E-state index is -3.13. The normalized spacial score (nSPS) is 21.1. The first-order valence-electron chi connectivity index (χ1n) is 6.30. The lowest BCUT2D eigenvalue weighted by Gasteiger charge is -2.37. The highest BCUT2D eigenvalue weighted by Crippen LogP contribution is 2.12. The molecule has 1 unspecified atom stereocenters. The Morgan fingerprint density at radius 2 is 1.72 bits per heavy atom. The van der Waals surface area contributed by atoms with Crippen molar-refractivity contribution in [2.75, 3.05) is 31.9 Å². The zero-order valence-corrected chi connectivity index (χ0v) is 12.2. The summed E-state index contributed by atoms with van der Waals surface area (Å²) in [5.74, 6) is 0.479. The van der Waals surface area contributed by atoms with Crippen LogP contribution in [0, 0.1) is 11.3 Å². The summed E-state index contributed by atoms with van der Waals surface area (Å²) in [6, 6.07) is -0.111. The first kappa shape index (κ1) is 15.4. The molecule has 1 heterocycles. The van der Waals surface area contributed by atoms with E-state index in [0.717, 1.165) is 0 Å². The maximum atomic E-state index is 12.0. The molecule has 1 atom stereocenters. The zero-order valence-electron chi connectivity index (χ0n) is 11.4. The molecule has 0 amide bonds. The van der Waals surface area contributed by atoms with Gasteiger partial charge in [-0.1, -0.05) is 13.8 Å². The first-order chi connectivity index (χ1) is 8.24. The van der Waals surface area contributed by atoms with Crippen molar-refractivity contribution in [3.05, 3.63) is 0 Å². The van der Waals surface area contributed by atoms with Gasteiger partial charge in [0.05, 0.1) is 11.8 Å². The van der Waals surface area contributed by atoms with Crippen LogP contribution in [-0.2, 0) is 10.0 Å². The number of hydrogen-bond donors (Lipinski definition) is 2. The van der Waals surface area contributed by atoms with E-state index in [-0.39, 0.29) is 23.5 Å². The predicted octanol–water partition coefficient (Wildman–Crippen LogP) is -0.0857. The molecule has 106 valence electrons. The number of nitrogens with one attached hydrogen (secondary N) is 1. The van der Waals surface area contributed by atoms with E-state index >= 15 is 0 Å². The van der Waals surface area contributed by atoms with E-state index in [1.54, 1.807) is 4.31 Å². The minimum absolute atomic E-state index is 0.111. The fourth-order valence-corrected chi connectivity index (χ4v) is 3.87. The Kier molecular flexibility index (Phi) is 5.12. The Hall–Kier alpha value is -0.660. The summed E-state index contributed by atoms with van der Waals surface area (Å²) >= 11 is 0.